The minimum Gasteiger partial charge on any atom is -0.506 e. The predicted molar refractivity (Wildman–Crippen MR) is 66.5 cm³/mol. The Bertz CT molecular complexity index is 306. The summed E-state index contributed by atoms with van der Waals surface area (Å²) in [5.41, 5.74) is 0.000420. The quantitative estimate of drug-likeness (QED) is 0.537. The number of aliphatic imine (C=N–C) groups is 1. The van der Waals surface area contributed by atoms with Crippen molar-refractivity contribution in [3.8, 4) is 0 Å². The van der Waals surface area contributed by atoms with Crippen LogP contribution in [0.3, 0.4) is 0 Å². The summed E-state index contributed by atoms with van der Waals surface area (Å²) >= 11 is 0. The predicted octanol–water partition coefficient (Wildman–Crippen LogP) is 2.34. The van der Waals surface area contributed by atoms with Gasteiger partial charge in [0.25, 0.3) is 5.91 Å². The minimum atomic E-state index is -0.378. The van der Waals surface area contributed by atoms with E-state index in [0.29, 0.717) is 0 Å². The van der Waals surface area contributed by atoms with Crippen molar-refractivity contribution in [1.82, 2.24) is 5.32 Å². The third-order valence-electron chi connectivity index (χ3n) is 2.05. The zero-order valence-electron chi connectivity index (χ0n) is 10.2. The van der Waals surface area contributed by atoms with Crippen molar-refractivity contribution >= 4 is 11.6 Å². The lowest BCUT2D eigenvalue weighted by Crippen LogP contribution is -2.38. The Kier molecular flexibility index (Phi) is 6.92. The maximum atomic E-state index is 11.7. The van der Waals surface area contributed by atoms with Gasteiger partial charge in [-0.2, -0.15) is 0 Å². The number of carbonyl (C=O) groups excluding carboxylic acids is 1. The van der Waals surface area contributed by atoms with Gasteiger partial charge in [-0.3, -0.25) is 4.79 Å². The number of rotatable bonds is 6. The van der Waals surface area contributed by atoms with Gasteiger partial charge in [0, 0.05) is 12.2 Å². The van der Waals surface area contributed by atoms with Gasteiger partial charge >= 0.3 is 0 Å². The lowest BCUT2D eigenvalue weighted by molar-refractivity contribution is -0.115. The first-order valence-electron chi connectivity index (χ1n) is 5.42. The number of aliphatic hydroxyl groups excluding tert-OH is 1. The zero-order valence-corrected chi connectivity index (χ0v) is 10.2. The number of aliphatic hydroxyl groups is 1. The summed E-state index contributed by atoms with van der Waals surface area (Å²) in [5.74, 6) is -0.516. The van der Waals surface area contributed by atoms with Crippen LogP contribution in [0, 0.1) is 0 Å². The first-order valence-corrected chi connectivity index (χ1v) is 5.42. The fourth-order valence-corrected chi connectivity index (χ4v) is 1.27. The molecule has 0 aromatic carbocycles. The fourth-order valence-electron chi connectivity index (χ4n) is 1.27. The molecule has 0 saturated heterocycles. The molecule has 0 aliphatic carbocycles. The number of amides is 1. The molecule has 0 radical (unpaired) electrons. The second kappa shape index (κ2) is 7.68. The summed E-state index contributed by atoms with van der Waals surface area (Å²) in [6.45, 7) is 9.01. The molecule has 0 aliphatic heterocycles. The molecule has 0 bridgehead atoms. The van der Waals surface area contributed by atoms with Gasteiger partial charge in [-0.25, -0.2) is 4.99 Å². The topological polar surface area (TPSA) is 61.7 Å². The van der Waals surface area contributed by atoms with E-state index in [2.05, 4.69) is 16.9 Å². The van der Waals surface area contributed by atoms with Crippen LogP contribution in [0.1, 0.15) is 33.6 Å². The van der Waals surface area contributed by atoms with Crippen LogP contribution >= 0.6 is 0 Å². The van der Waals surface area contributed by atoms with Crippen molar-refractivity contribution in [1.29, 1.82) is 0 Å². The SMILES string of the molecule is C=CN=C(C(=O)NC(C)CCC)/C(O)=C\C. The van der Waals surface area contributed by atoms with Gasteiger partial charge in [0.05, 0.1) is 0 Å². The monoisotopic (exact) mass is 224 g/mol. The number of hydrogen-bond acceptors (Lipinski definition) is 3. The molecule has 90 valence electrons. The van der Waals surface area contributed by atoms with Crippen molar-refractivity contribution in [3.63, 3.8) is 0 Å². The Morgan fingerprint density at radius 2 is 2.25 bits per heavy atom. The molecule has 0 aromatic rings. The Morgan fingerprint density at radius 1 is 1.62 bits per heavy atom. The summed E-state index contributed by atoms with van der Waals surface area (Å²) in [4.78, 5) is 15.5. The summed E-state index contributed by atoms with van der Waals surface area (Å²) in [7, 11) is 0. The standard InChI is InChI=1S/C12H20N2O2/c1-5-8-9(4)14-12(16)11(13-7-3)10(15)6-2/h6-7,9,15H,3,5,8H2,1-2,4H3,(H,14,16)/b10-6+,13-11?. The van der Waals surface area contributed by atoms with Crippen molar-refractivity contribution in [3.05, 3.63) is 24.6 Å². The van der Waals surface area contributed by atoms with Crippen molar-refractivity contribution in [2.45, 2.75) is 39.7 Å². The van der Waals surface area contributed by atoms with Crippen molar-refractivity contribution in [2.24, 2.45) is 4.99 Å². The van der Waals surface area contributed by atoms with Crippen LogP contribution in [0.15, 0.2) is 29.6 Å². The van der Waals surface area contributed by atoms with Crippen LogP contribution in [0.2, 0.25) is 0 Å². The molecule has 0 heterocycles. The third-order valence-corrected chi connectivity index (χ3v) is 2.05. The molecule has 2 N–H and O–H groups in total. The van der Waals surface area contributed by atoms with E-state index in [9.17, 15) is 9.90 Å². The molecule has 1 unspecified atom stereocenters. The third kappa shape index (κ3) is 4.77. The molecule has 0 saturated carbocycles. The second-order valence-corrected chi connectivity index (χ2v) is 3.50. The zero-order chi connectivity index (χ0) is 12.6. The van der Waals surface area contributed by atoms with Gasteiger partial charge in [-0.1, -0.05) is 19.9 Å². The van der Waals surface area contributed by atoms with E-state index >= 15 is 0 Å². The summed E-state index contributed by atoms with van der Waals surface area (Å²) < 4.78 is 0. The number of allylic oxidation sites excluding steroid dienone is 1. The molecule has 1 atom stereocenters. The van der Waals surface area contributed by atoms with E-state index in [1.54, 1.807) is 6.92 Å². The smallest absolute Gasteiger partial charge is 0.273 e. The average Bonchev–Trinajstić information content (AvgIpc) is 2.24. The van der Waals surface area contributed by atoms with Crippen LogP contribution in [0.5, 0.6) is 0 Å². The lowest BCUT2D eigenvalue weighted by atomic mass is 10.2. The van der Waals surface area contributed by atoms with Gasteiger partial charge in [0.2, 0.25) is 0 Å². The maximum Gasteiger partial charge on any atom is 0.273 e. The highest BCUT2D eigenvalue weighted by atomic mass is 16.3. The minimum absolute atomic E-state index is 0.000420. The van der Waals surface area contributed by atoms with Crippen LogP contribution in [0.4, 0.5) is 0 Å². The average molecular weight is 224 g/mol. The van der Waals surface area contributed by atoms with E-state index in [1.807, 2.05) is 13.8 Å². The van der Waals surface area contributed by atoms with Gasteiger partial charge in [-0.05, 0) is 26.3 Å². The number of hydrogen-bond donors (Lipinski definition) is 2. The van der Waals surface area contributed by atoms with Crippen LogP contribution < -0.4 is 5.32 Å². The summed E-state index contributed by atoms with van der Waals surface area (Å²) in [5, 5.41) is 12.2. The lowest BCUT2D eigenvalue weighted by Gasteiger charge is -2.13. The van der Waals surface area contributed by atoms with Crippen molar-refractivity contribution < 1.29 is 9.90 Å². The van der Waals surface area contributed by atoms with Gasteiger partial charge in [0.15, 0.2) is 5.71 Å². The Labute approximate surface area is 96.8 Å². The highest BCUT2D eigenvalue weighted by molar-refractivity contribution is 6.44. The Morgan fingerprint density at radius 3 is 2.69 bits per heavy atom. The normalized spacial score (nSPS) is 14.4. The first kappa shape index (κ1) is 14.4. The second-order valence-electron chi connectivity index (χ2n) is 3.50. The largest absolute Gasteiger partial charge is 0.506 e. The van der Waals surface area contributed by atoms with Crippen LogP contribution in [0.25, 0.3) is 0 Å². The highest BCUT2D eigenvalue weighted by Gasteiger charge is 2.16. The van der Waals surface area contributed by atoms with E-state index in [4.69, 9.17) is 0 Å². The molecule has 0 aromatic heterocycles. The summed E-state index contributed by atoms with van der Waals surface area (Å²) in [6, 6.07) is 0.0668. The van der Waals surface area contributed by atoms with E-state index < -0.39 is 0 Å². The Balaban J connectivity index is 4.65. The highest BCUT2D eigenvalue weighted by Crippen LogP contribution is 1.99. The number of carbonyl (C=O) groups is 1. The fraction of sp³-hybridized carbons (Fsp3) is 0.500. The van der Waals surface area contributed by atoms with Gasteiger partial charge < -0.3 is 10.4 Å². The van der Waals surface area contributed by atoms with E-state index in [-0.39, 0.29) is 23.4 Å². The molecular formula is C12H20N2O2. The first-order chi connectivity index (χ1) is 7.56. The molecule has 0 aliphatic rings. The van der Waals surface area contributed by atoms with Gasteiger partial charge in [-0.15, -0.1) is 0 Å². The molecule has 1 amide bonds. The number of nitrogens with one attached hydrogen (secondary N) is 1. The molecule has 0 spiro atoms. The molecule has 0 rings (SSSR count). The van der Waals surface area contributed by atoms with E-state index in [0.717, 1.165) is 12.8 Å². The van der Waals surface area contributed by atoms with Gasteiger partial charge in [0.1, 0.15) is 5.76 Å². The molecule has 4 heteroatoms. The van der Waals surface area contributed by atoms with E-state index in [1.165, 1.54) is 12.3 Å². The molecule has 4 nitrogen and oxygen atoms in total. The number of nitrogens with zero attached hydrogens (tertiary/aromatic N) is 1. The molecular weight excluding hydrogens is 204 g/mol. The summed E-state index contributed by atoms with van der Waals surface area (Å²) in [6.07, 6.45) is 4.54. The van der Waals surface area contributed by atoms with Crippen LogP contribution in [-0.4, -0.2) is 22.8 Å². The van der Waals surface area contributed by atoms with Crippen LogP contribution in [-0.2, 0) is 4.79 Å². The Hall–Kier alpha value is -1.58. The molecule has 16 heavy (non-hydrogen) atoms. The maximum absolute atomic E-state index is 11.7. The van der Waals surface area contributed by atoms with Crippen molar-refractivity contribution in [2.75, 3.05) is 0 Å². The molecule has 0 fully saturated rings.